The molecule has 0 bridgehead atoms. The third-order valence-electron chi connectivity index (χ3n) is 17.3. The molecule has 22 N–H and O–H groups in total. The van der Waals surface area contributed by atoms with Crippen molar-refractivity contribution in [2.45, 2.75) is 189 Å². The summed E-state index contributed by atoms with van der Waals surface area (Å²) in [5, 5.41) is 44.9. The van der Waals surface area contributed by atoms with Crippen LogP contribution in [0.3, 0.4) is 0 Å². The third-order valence-corrected chi connectivity index (χ3v) is 17.3. The number of likely N-dealkylation sites (tertiary alicyclic amines) is 4. The Hall–Kier alpha value is -8.43. The lowest BCUT2D eigenvalue weighted by atomic mass is 9.84. The highest BCUT2D eigenvalue weighted by molar-refractivity contribution is 5.99. The number of nitrogens with zero attached hydrogens (tertiary/aromatic N) is 7. The van der Waals surface area contributed by atoms with Gasteiger partial charge in [-0.05, 0) is 88.5 Å². The number of nitrogens with two attached hydrogens (primary N) is 7. The average molecular weight is 1290 g/mol. The van der Waals surface area contributed by atoms with E-state index in [0.717, 1.165) is 24.2 Å². The molecule has 510 valence electrons. The molecule has 1 aromatic rings. The van der Waals surface area contributed by atoms with E-state index >= 15 is 4.79 Å². The Morgan fingerprint density at radius 1 is 0.630 bits per heavy atom. The van der Waals surface area contributed by atoms with Gasteiger partial charge in [-0.3, -0.25) is 58.1 Å². The van der Waals surface area contributed by atoms with Gasteiger partial charge in [0.25, 0.3) is 0 Å². The minimum atomic E-state index is -1.67. The maximum atomic E-state index is 15.2. The molecule has 0 spiro atoms. The summed E-state index contributed by atoms with van der Waals surface area (Å²) in [7, 11) is 0. The topological polar surface area (TPSA) is 533 Å². The molecule has 33 heteroatoms. The Kier molecular flexibility index (Phi) is 28.0. The largest absolute Gasteiger partial charge is 0.480 e. The number of carboxylic acids is 1. The molecular formula is C59H95N19O14. The van der Waals surface area contributed by atoms with Gasteiger partial charge in [0.2, 0.25) is 53.2 Å². The molecule has 92 heavy (non-hydrogen) atoms. The fourth-order valence-corrected chi connectivity index (χ4v) is 12.8. The van der Waals surface area contributed by atoms with Gasteiger partial charge < -0.3 is 106 Å². The number of hydrogen-bond donors (Lipinski definition) is 15. The predicted molar refractivity (Wildman–Crippen MR) is 335 cm³/mol. The lowest BCUT2D eigenvalue weighted by molar-refractivity contribution is -0.151. The van der Waals surface area contributed by atoms with Crippen LogP contribution in [-0.4, -0.2) is 244 Å². The Morgan fingerprint density at radius 3 is 1.88 bits per heavy atom. The van der Waals surface area contributed by atoms with E-state index in [9.17, 15) is 58.5 Å². The number of rotatable bonds is 33. The third kappa shape index (κ3) is 20.5. The molecule has 4 saturated heterocycles. The van der Waals surface area contributed by atoms with Crippen LogP contribution in [0.1, 0.15) is 115 Å². The van der Waals surface area contributed by atoms with Crippen molar-refractivity contribution in [1.82, 2.24) is 46.2 Å². The number of carbonyl (C=O) groups is 10. The van der Waals surface area contributed by atoms with Crippen molar-refractivity contribution >= 4 is 77.0 Å². The zero-order valence-corrected chi connectivity index (χ0v) is 52.3. The van der Waals surface area contributed by atoms with Crippen molar-refractivity contribution in [2.75, 3.05) is 59.0 Å². The second-order valence-electron chi connectivity index (χ2n) is 24.1. The predicted octanol–water partition coefficient (Wildman–Crippen LogP) is -5.64. The summed E-state index contributed by atoms with van der Waals surface area (Å²) in [5.74, 6) is -8.42. The number of amides is 9. The normalized spacial score (nSPS) is 23.3. The van der Waals surface area contributed by atoms with E-state index in [1.165, 1.54) is 14.7 Å². The van der Waals surface area contributed by atoms with Crippen LogP contribution in [0.25, 0.3) is 0 Å². The number of guanidine groups is 3. The van der Waals surface area contributed by atoms with Crippen molar-refractivity contribution in [3.8, 4) is 0 Å². The Balaban J connectivity index is 1.13. The van der Waals surface area contributed by atoms with Crippen molar-refractivity contribution < 1.29 is 68.0 Å². The number of aliphatic carboxylic acids is 1. The fourth-order valence-electron chi connectivity index (χ4n) is 12.8. The number of hydrogen-bond acceptors (Lipinski definition) is 17. The first-order valence-corrected chi connectivity index (χ1v) is 31.7. The smallest absolute Gasteiger partial charge is 0.326 e. The molecule has 4 heterocycles. The molecule has 5 aliphatic rings. The van der Waals surface area contributed by atoms with E-state index in [2.05, 4.69) is 41.6 Å². The number of aliphatic imine (C=N–C) groups is 3. The number of carbonyl (C=O) groups excluding carboxylic acids is 9. The Morgan fingerprint density at radius 2 is 1.25 bits per heavy atom. The molecule has 0 radical (unpaired) electrons. The number of ether oxygens (including phenoxy) is 1. The second kappa shape index (κ2) is 35.4. The minimum Gasteiger partial charge on any atom is -0.480 e. The number of nitrogens with one attached hydrogen (secondary N) is 5. The zero-order chi connectivity index (χ0) is 67.2. The number of β-amino-alcohol motifs (C(OH)–C–C–N with tert-alkyl or cyclic N) is 1. The number of carboxylic acid groups (broad SMARTS) is 1. The quantitative estimate of drug-likeness (QED) is 0.0177. The number of fused-ring (bicyclic) bond motifs is 1. The first-order chi connectivity index (χ1) is 43.9. The Labute approximate surface area is 534 Å². The summed E-state index contributed by atoms with van der Waals surface area (Å²) < 4.78 is 6.09. The summed E-state index contributed by atoms with van der Waals surface area (Å²) in [5.41, 5.74) is 39.4. The lowest BCUT2D eigenvalue weighted by Gasteiger charge is -2.37. The van der Waals surface area contributed by atoms with Crippen LogP contribution in [0.2, 0.25) is 0 Å². The summed E-state index contributed by atoms with van der Waals surface area (Å²) in [6, 6.07) is -3.20. The van der Waals surface area contributed by atoms with Crippen LogP contribution in [0, 0.1) is 5.92 Å². The van der Waals surface area contributed by atoms with Gasteiger partial charge in [-0.25, -0.2) is 4.79 Å². The van der Waals surface area contributed by atoms with Gasteiger partial charge in [-0.1, -0.05) is 50.1 Å². The highest BCUT2D eigenvalue weighted by atomic mass is 16.5. The molecule has 9 amide bonds. The lowest BCUT2D eigenvalue weighted by Crippen LogP contribution is -2.60. The summed E-state index contributed by atoms with van der Waals surface area (Å²) >= 11 is 0. The van der Waals surface area contributed by atoms with E-state index in [1.54, 1.807) is 30.3 Å². The fraction of sp³-hybridized carbons (Fsp3) is 0.678. The monoisotopic (exact) mass is 1290 g/mol. The molecule has 33 nitrogen and oxygen atoms in total. The first kappa shape index (κ1) is 72.6. The minimum absolute atomic E-state index is 0.00231. The molecule has 1 aliphatic carbocycles. The van der Waals surface area contributed by atoms with Gasteiger partial charge in [0.05, 0.1) is 31.4 Å². The van der Waals surface area contributed by atoms with Crippen molar-refractivity contribution in [3.63, 3.8) is 0 Å². The van der Waals surface area contributed by atoms with Crippen LogP contribution < -0.4 is 66.7 Å². The van der Waals surface area contributed by atoms with Gasteiger partial charge in [0, 0.05) is 71.2 Å². The highest BCUT2D eigenvalue weighted by Crippen LogP contribution is 2.41. The average Bonchev–Trinajstić information content (AvgIpc) is 1.65. The molecular weight excluding hydrogens is 1200 g/mol. The van der Waals surface area contributed by atoms with Gasteiger partial charge in [0.15, 0.2) is 17.9 Å². The van der Waals surface area contributed by atoms with Crippen LogP contribution in [0.15, 0.2) is 45.3 Å². The van der Waals surface area contributed by atoms with E-state index in [0.29, 0.717) is 31.2 Å². The van der Waals surface area contributed by atoms with Crippen molar-refractivity contribution in [2.24, 2.45) is 61.0 Å². The number of aliphatic hydroxyl groups is 2. The molecule has 0 unspecified atom stereocenters. The number of aliphatic hydroxyl groups excluding tert-OH is 2. The van der Waals surface area contributed by atoms with Crippen LogP contribution in [0.4, 0.5) is 0 Å². The van der Waals surface area contributed by atoms with Crippen LogP contribution >= 0.6 is 0 Å². The van der Waals surface area contributed by atoms with Crippen molar-refractivity contribution in [3.05, 3.63) is 35.9 Å². The van der Waals surface area contributed by atoms with Crippen molar-refractivity contribution in [1.29, 1.82) is 0 Å². The maximum absolute atomic E-state index is 15.2. The maximum Gasteiger partial charge on any atom is 0.326 e. The first-order valence-electron chi connectivity index (χ1n) is 31.7. The van der Waals surface area contributed by atoms with Crippen LogP contribution in [0.5, 0.6) is 0 Å². The van der Waals surface area contributed by atoms with Gasteiger partial charge in [0.1, 0.15) is 48.3 Å². The number of benzene rings is 1. The van der Waals surface area contributed by atoms with E-state index < -0.39 is 145 Å². The molecule has 6 rings (SSSR count). The summed E-state index contributed by atoms with van der Waals surface area (Å²) in [4.78, 5) is 158. The molecule has 1 aromatic carbocycles. The second-order valence-corrected chi connectivity index (χ2v) is 24.1. The molecule has 0 aromatic heterocycles. The summed E-state index contributed by atoms with van der Waals surface area (Å²) in [6.45, 7) is 0.682. The standard InChI is InChI=1S/C59H95N19O14/c1-2-24-92-36-28-46(55(89)78-42-18-7-6-14-34(42)26-45(78)51(85)73-39(56(90)91)17-10-22-69-59(65)66)77(31-36)53(87)41(32-79)74-49(83)40(25-33-12-4-3-5-13-33)71-47(81)29-70-50(84)44-27-35(80)30-76(44)54(88)43-19-11-23-75(43)52(86)38(16-9-21-68-58(63)64)72-48(82)37(60)15-8-20-67-57(61)62/h3-5,12-13,34-46,79-80H,2,6-11,14-32,60H2,1H3,(H,70,84)(H,71,81)(H,72,82)(H,73,85)(H,74,83)(H,90,91)(H4,61,62,67)(H4,63,64,68)(H4,65,66,69)/t34-,35+,36-,37+,38-,39-,40-,41-,42-,43-,44-,45-,46+/m0/s1. The summed E-state index contributed by atoms with van der Waals surface area (Å²) in [6.07, 6.45) is 3.28. The van der Waals surface area contributed by atoms with Gasteiger partial charge in [-0.15, -0.1) is 0 Å². The van der Waals surface area contributed by atoms with E-state index in [4.69, 9.17) is 44.9 Å². The van der Waals surface area contributed by atoms with E-state index in [-0.39, 0.29) is 134 Å². The molecule has 13 atom stereocenters. The van der Waals surface area contributed by atoms with Gasteiger partial charge in [-0.2, -0.15) is 0 Å². The molecule has 5 fully saturated rings. The molecule has 4 aliphatic heterocycles. The Bertz CT molecular complexity index is 2820. The zero-order valence-electron chi connectivity index (χ0n) is 52.3. The molecule has 1 saturated carbocycles. The highest BCUT2D eigenvalue weighted by Gasteiger charge is 2.53. The van der Waals surface area contributed by atoms with Gasteiger partial charge >= 0.3 is 5.97 Å². The van der Waals surface area contributed by atoms with E-state index in [1.807, 2.05) is 6.92 Å². The van der Waals surface area contributed by atoms with Crippen LogP contribution in [-0.2, 0) is 59.1 Å². The SMILES string of the molecule is CCCO[C@H]1C[C@H](C(=O)N2[C@H](C(=O)N[C@@H](CCCN=C(N)N)C(=O)O)C[C@@H]3CCCC[C@@H]32)N(C(=O)[C@H](CO)NC(=O)[C@H](Cc2ccccc2)NC(=O)CNC(=O)[C@@H]2C[C@@H](O)CN2C(=O)[C@@H]2CCCN2C(=O)[C@H](CCCN=C(N)N)NC(=O)[C@H](N)CCCN=C(N)N)C1.